The maximum Gasteiger partial charge on any atom is 0.272 e. The second kappa shape index (κ2) is 9.20. The van der Waals surface area contributed by atoms with E-state index in [0.29, 0.717) is 27.3 Å². The Morgan fingerprint density at radius 3 is 2.79 bits per heavy atom. The molecule has 0 bridgehead atoms. The van der Waals surface area contributed by atoms with Crippen molar-refractivity contribution in [1.82, 2.24) is 14.5 Å². The first-order chi connectivity index (χ1) is 16.4. The molecular formula is C22H17N5O4S3. The molecule has 1 aliphatic heterocycles. The van der Waals surface area contributed by atoms with Crippen LogP contribution >= 0.6 is 34.9 Å². The summed E-state index contributed by atoms with van der Waals surface area (Å²) < 4.78 is 2.41. The van der Waals surface area contributed by atoms with Crippen LogP contribution in [0.2, 0.25) is 0 Å². The monoisotopic (exact) mass is 511 g/mol. The third-order valence-electron chi connectivity index (χ3n) is 5.11. The number of hydrogen-bond acceptors (Lipinski definition) is 9. The van der Waals surface area contributed by atoms with Crippen molar-refractivity contribution < 1.29 is 9.72 Å². The number of aryl methyl sites for hydroxylation is 2. The van der Waals surface area contributed by atoms with E-state index in [0.717, 1.165) is 39.0 Å². The topological polar surface area (TPSA) is 120 Å². The fourth-order valence-corrected chi connectivity index (χ4v) is 6.34. The molecule has 0 saturated heterocycles. The summed E-state index contributed by atoms with van der Waals surface area (Å²) in [7, 11) is 0. The molecule has 0 fully saturated rings. The van der Waals surface area contributed by atoms with Gasteiger partial charge in [0, 0.05) is 24.3 Å². The first kappa shape index (κ1) is 22.6. The quantitative estimate of drug-likeness (QED) is 0.175. The zero-order chi connectivity index (χ0) is 23.8. The number of carbonyl (C=O) groups excluding carboxylic acids is 1. The maximum absolute atomic E-state index is 13.2. The highest BCUT2D eigenvalue weighted by Crippen LogP contribution is 2.31. The van der Waals surface area contributed by atoms with Gasteiger partial charge < -0.3 is 5.32 Å². The summed E-state index contributed by atoms with van der Waals surface area (Å²) in [5.41, 5.74) is 2.82. The predicted octanol–water partition coefficient (Wildman–Crippen LogP) is 4.44. The van der Waals surface area contributed by atoms with Crippen molar-refractivity contribution in [2.45, 2.75) is 23.4 Å². The van der Waals surface area contributed by atoms with Gasteiger partial charge in [0.2, 0.25) is 5.91 Å². The number of nitro benzene ring substituents is 1. The van der Waals surface area contributed by atoms with E-state index in [1.165, 1.54) is 51.9 Å². The molecule has 2 aromatic carbocycles. The summed E-state index contributed by atoms with van der Waals surface area (Å²) in [6.07, 6.45) is 0.682. The number of fused-ring (bicyclic) bond motifs is 2. The molecule has 2 aromatic heterocycles. The number of amides is 1. The van der Waals surface area contributed by atoms with Gasteiger partial charge in [-0.3, -0.25) is 24.3 Å². The normalized spacial score (nSPS) is 12.6. The van der Waals surface area contributed by atoms with Gasteiger partial charge in [-0.1, -0.05) is 29.2 Å². The number of non-ortho nitro benzene ring substituents is 1. The zero-order valence-corrected chi connectivity index (χ0v) is 20.3. The van der Waals surface area contributed by atoms with Gasteiger partial charge in [-0.05, 0) is 36.8 Å². The molecule has 0 radical (unpaired) electrons. The third kappa shape index (κ3) is 4.43. The number of nitrogens with zero attached hydrogens (tertiary/aromatic N) is 4. The molecule has 0 saturated carbocycles. The third-order valence-corrected chi connectivity index (χ3v) is 8.09. The van der Waals surface area contributed by atoms with Crippen LogP contribution in [-0.2, 0) is 11.2 Å². The molecule has 0 aliphatic carbocycles. The van der Waals surface area contributed by atoms with Crippen LogP contribution in [0.3, 0.4) is 0 Å². The van der Waals surface area contributed by atoms with Crippen LogP contribution in [0.5, 0.6) is 0 Å². The van der Waals surface area contributed by atoms with Crippen molar-refractivity contribution >= 4 is 61.8 Å². The highest BCUT2D eigenvalue weighted by atomic mass is 32.2. The molecule has 1 amide bonds. The highest BCUT2D eigenvalue weighted by molar-refractivity contribution is 8.00. The summed E-state index contributed by atoms with van der Waals surface area (Å²) >= 11 is 4.00. The van der Waals surface area contributed by atoms with Crippen molar-refractivity contribution in [1.29, 1.82) is 0 Å². The van der Waals surface area contributed by atoms with Crippen LogP contribution in [0.15, 0.2) is 57.3 Å². The summed E-state index contributed by atoms with van der Waals surface area (Å²) in [6.45, 7) is 2.00. The Hall–Kier alpha value is -3.22. The number of rotatable bonds is 6. The van der Waals surface area contributed by atoms with Gasteiger partial charge in [0.25, 0.3) is 11.2 Å². The Morgan fingerprint density at radius 2 is 2.03 bits per heavy atom. The minimum absolute atomic E-state index is 0.0281. The van der Waals surface area contributed by atoms with Gasteiger partial charge in [0.1, 0.15) is 0 Å². The lowest BCUT2D eigenvalue weighted by Gasteiger charge is -2.13. The lowest BCUT2D eigenvalue weighted by atomic mass is 10.2. The van der Waals surface area contributed by atoms with Gasteiger partial charge in [-0.15, -0.1) is 11.8 Å². The maximum atomic E-state index is 13.2. The molecule has 0 atom stereocenters. The Labute approximate surface area is 205 Å². The SMILES string of the molecule is Cc1ccc2nc(NC(=O)CSc3nc4c(c(=O)n3-c3ccc([N+](=O)[O-])cc3)SCC4)sc2c1. The van der Waals surface area contributed by atoms with E-state index in [1.54, 1.807) is 0 Å². The number of carbonyl (C=O) groups is 1. The predicted molar refractivity (Wildman–Crippen MR) is 135 cm³/mol. The highest BCUT2D eigenvalue weighted by Gasteiger charge is 2.23. The Balaban J connectivity index is 1.40. The number of benzene rings is 2. The lowest BCUT2D eigenvalue weighted by molar-refractivity contribution is -0.384. The van der Waals surface area contributed by atoms with Crippen LogP contribution < -0.4 is 10.9 Å². The van der Waals surface area contributed by atoms with Crippen molar-refractivity contribution in [3.8, 4) is 5.69 Å². The minimum Gasteiger partial charge on any atom is -0.301 e. The van der Waals surface area contributed by atoms with Gasteiger partial charge in [0.05, 0.1) is 37.2 Å². The Morgan fingerprint density at radius 1 is 1.24 bits per heavy atom. The molecule has 3 heterocycles. The van der Waals surface area contributed by atoms with E-state index in [4.69, 9.17) is 0 Å². The molecule has 5 rings (SSSR count). The fourth-order valence-electron chi connectivity index (χ4n) is 3.51. The number of nitro groups is 1. The van der Waals surface area contributed by atoms with Crippen molar-refractivity contribution in [3.63, 3.8) is 0 Å². The van der Waals surface area contributed by atoms with Crippen LogP contribution in [-0.4, -0.2) is 36.9 Å². The summed E-state index contributed by atoms with van der Waals surface area (Å²) in [5, 5.41) is 14.7. The van der Waals surface area contributed by atoms with Crippen molar-refractivity contribution in [3.05, 3.63) is 74.2 Å². The molecule has 4 aromatic rings. The van der Waals surface area contributed by atoms with E-state index >= 15 is 0 Å². The fraction of sp³-hybridized carbons (Fsp3) is 0.182. The second-order valence-corrected chi connectivity index (χ2v) is 10.6. The molecule has 1 aliphatic rings. The van der Waals surface area contributed by atoms with Crippen LogP contribution in [0.25, 0.3) is 15.9 Å². The average molecular weight is 512 g/mol. The number of thioether (sulfide) groups is 2. The Bertz CT molecular complexity index is 1500. The van der Waals surface area contributed by atoms with E-state index in [-0.39, 0.29) is 22.9 Å². The molecule has 34 heavy (non-hydrogen) atoms. The molecule has 172 valence electrons. The smallest absolute Gasteiger partial charge is 0.272 e. The van der Waals surface area contributed by atoms with Gasteiger partial charge in [-0.25, -0.2) is 9.97 Å². The molecule has 0 unspecified atom stereocenters. The molecule has 1 N–H and O–H groups in total. The summed E-state index contributed by atoms with van der Waals surface area (Å²) in [4.78, 5) is 46.1. The molecule has 12 heteroatoms. The van der Waals surface area contributed by atoms with Gasteiger partial charge in [-0.2, -0.15) is 0 Å². The summed E-state index contributed by atoms with van der Waals surface area (Å²) in [6, 6.07) is 11.6. The average Bonchev–Trinajstić information content (AvgIpc) is 3.44. The number of aromatic nitrogens is 3. The van der Waals surface area contributed by atoms with Crippen molar-refractivity contribution in [2.24, 2.45) is 0 Å². The van der Waals surface area contributed by atoms with E-state index in [1.807, 2.05) is 25.1 Å². The van der Waals surface area contributed by atoms with Gasteiger partial charge >= 0.3 is 0 Å². The van der Waals surface area contributed by atoms with Crippen molar-refractivity contribution in [2.75, 3.05) is 16.8 Å². The largest absolute Gasteiger partial charge is 0.301 e. The number of nitrogens with one attached hydrogen (secondary N) is 1. The van der Waals surface area contributed by atoms with Gasteiger partial charge in [0.15, 0.2) is 10.3 Å². The number of hydrogen-bond donors (Lipinski definition) is 1. The van der Waals surface area contributed by atoms with Crippen LogP contribution in [0.1, 0.15) is 11.3 Å². The minimum atomic E-state index is -0.493. The van der Waals surface area contributed by atoms with E-state index in [9.17, 15) is 19.7 Å². The Kier molecular flexibility index (Phi) is 6.11. The first-order valence-corrected chi connectivity index (χ1v) is 13.0. The summed E-state index contributed by atoms with van der Waals surface area (Å²) in [5.74, 6) is 0.532. The van der Waals surface area contributed by atoms with E-state index in [2.05, 4.69) is 15.3 Å². The van der Waals surface area contributed by atoms with Crippen LogP contribution in [0, 0.1) is 17.0 Å². The zero-order valence-electron chi connectivity index (χ0n) is 17.8. The number of anilines is 1. The molecule has 0 spiro atoms. The standard InChI is InChI=1S/C22H17N5O4S3/c1-12-2-7-15-17(10-12)34-21(23-15)25-18(28)11-33-22-24-16-8-9-32-19(16)20(29)26(22)13-3-5-14(6-4-13)27(30)31/h2-7,10H,8-9,11H2,1H3,(H,23,25,28). The van der Waals surface area contributed by atoms with E-state index < -0.39 is 4.92 Å². The number of thiazole rings is 1. The first-order valence-electron chi connectivity index (χ1n) is 10.2. The van der Waals surface area contributed by atoms with Crippen LogP contribution in [0.4, 0.5) is 10.8 Å². The lowest BCUT2D eigenvalue weighted by Crippen LogP contribution is -2.24. The molecular weight excluding hydrogens is 494 g/mol. The second-order valence-electron chi connectivity index (χ2n) is 7.51. The molecule has 9 nitrogen and oxygen atoms in total.